The summed E-state index contributed by atoms with van der Waals surface area (Å²) in [5.74, 6) is -0.219. The summed E-state index contributed by atoms with van der Waals surface area (Å²) in [5.41, 5.74) is 7.76. The zero-order chi connectivity index (χ0) is 18.0. The molecular formula is C18H18N4O3. The Balaban J connectivity index is 2.26. The van der Waals surface area contributed by atoms with Crippen LogP contribution in [0.5, 0.6) is 5.75 Å². The van der Waals surface area contributed by atoms with Gasteiger partial charge in [-0.1, -0.05) is 6.07 Å². The average molecular weight is 338 g/mol. The fourth-order valence-electron chi connectivity index (χ4n) is 3.03. The van der Waals surface area contributed by atoms with Gasteiger partial charge in [0.25, 0.3) is 5.56 Å². The minimum Gasteiger partial charge on any atom is -0.440 e. The SMILES string of the molecule is COCCn1c(C)cc2c(c1=O)[C@H](c1cccnc1)C(C#N)=C(N)O2. The van der Waals surface area contributed by atoms with Crippen LogP contribution in [-0.4, -0.2) is 23.3 Å². The van der Waals surface area contributed by atoms with Crippen molar-refractivity contribution in [2.45, 2.75) is 19.4 Å². The van der Waals surface area contributed by atoms with Crippen molar-refractivity contribution in [3.63, 3.8) is 0 Å². The highest BCUT2D eigenvalue weighted by molar-refractivity contribution is 5.54. The fraction of sp³-hybridized carbons (Fsp3) is 0.278. The second-order valence-electron chi connectivity index (χ2n) is 5.72. The molecule has 0 unspecified atom stereocenters. The summed E-state index contributed by atoms with van der Waals surface area (Å²) < 4.78 is 12.3. The van der Waals surface area contributed by atoms with E-state index >= 15 is 0 Å². The summed E-state index contributed by atoms with van der Waals surface area (Å²) in [5, 5.41) is 9.56. The predicted octanol–water partition coefficient (Wildman–Crippen LogP) is 1.42. The Bertz CT molecular complexity index is 926. The number of rotatable bonds is 4. The molecule has 1 aliphatic heterocycles. The first-order valence-electron chi connectivity index (χ1n) is 7.79. The highest BCUT2D eigenvalue weighted by Gasteiger charge is 2.34. The molecule has 0 aromatic carbocycles. The maximum atomic E-state index is 13.1. The Morgan fingerprint density at radius 3 is 2.96 bits per heavy atom. The van der Waals surface area contributed by atoms with E-state index in [4.69, 9.17) is 15.2 Å². The van der Waals surface area contributed by atoms with Crippen LogP contribution in [0.4, 0.5) is 0 Å². The normalized spacial score (nSPS) is 16.1. The van der Waals surface area contributed by atoms with Crippen LogP contribution in [0.25, 0.3) is 0 Å². The molecule has 0 radical (unpaired) electrons. The standard InChI is InChI=1S/C18H18N4O3/c1-11-8-14-16(18(23)22(11)6-7-24-2)15(12-4-3-5-21-10-12)13(9-19)17(20)25-14/h3-5,8,10,15H,6-7,20H2,1-2H3/t15-/m1/s1. The molecule has 0 aliphatic carbocycles. The largest absolute Gasteiger partial charge is 0.440 e. The zero-order valence-corrected chi connectivity index (χ0v) is 14.0. The van der Waals surface area contributed by atoms with Gasteiger partial charge in [-0.3, -0.25) is 9.78 Å². The van der Waals surface area contributed by atoms with Crippen LogP contribution in [0.1, 0.15) is 22.7 Å². The maximum absolute atomic E-state index is 13.1. The third-order valence-corrected chi connectivity index (χ3v) is 4.23. The number of aryl methyl sites for hydroxylation is 1. The van der Waals surface area contributed by atoms with Crippen molar-refractivity contribution in [1.82, 2.24) is 9.55 Å². The number of methoxy groups -OCH3 is 1. The average Bonchev–Trinajstić information content (AvgIpc) is 2.61. The molecule has 0 spiro atoms. The molecule has 7 heteroatoms. The molecule has 25 heavy (non-hydrogen) atoms. The number of ether oxygens (including phenoxy) is 2. The number of pyridine rings is 2. The van der Waals surface area contributed by atoms with E-state index in [0.29, 0.717) is 30.0 Å². The minimum absolute atomic E-state index is 0.0114. The van der Waals surface area contributed by atoms with Gasteiger partial charge in [0.15, 0.2) is 0 Å². The second kappa shape index (κ2) is 6.79. The number of nitrogens with zero attached hydrogens (tertiary/aromatic N) is 3. The number of allylic oxidation sites excluding steroid dienone is 1. The van der Waals surface area contributed by atoms with E-state index in [-0.39, 0.29) is 17.0 Å². The topological polar surface area (TPSA) is 103 Å². The molecule has 0 saturated carbocycles. The lowest BCUT2D eigenvalue weighted by Crippen LogP contribution is -2.33. The quantitative estimate of drug-likeness (QED) is 0.904. The number of nitriles is 1. The number of aromatic nitrogens is 2. The molecule has 7 nitrogen and oxygen atoms in total. The third kappa shape index (κ3) is 2.88. The Kier molecular flexibility index (Phi) is 4.55. The monoisotopic (exact) mass is 338 g/mol. The van der Waals surface area contributed by atoms with Crippen LogP contribution >= 0.6 is 0 Å². The third-order valence-electron chi connectivity index (χ3n) is 4.23. The van der Waals surface area contributed by atoms with Crippen LogP contribution in [0.15, 0.2) is 46.8 Å². The summed E-state index contributed by atoms with van der Waals surface area (Å²) >= 11 is 0. The molecule has 0 fully saturated rings. The van der Waals surface area contributed by atoms with Crippen LogP contribution in [0.2, 0.25) is 0 Å². The van der Waals surface area contributed by atoms with E-state index in [1.165, 1.54) is 0 Å². The van der Waals surface area contributed by atoms with Gasteiger partial charge in [-0.05, 0) is 18.6 Å². The van der Waals surface area contributed by atoms with Crippen LogP contribution in [0.3, 0.4) is 0 Å². The van der Waals surface area contributed by atoms with Crippen LogP contribution < -0.4 is 16.0 Å². The Labute approximate surface area is 144 Å². The summed E-state index contributed by atoms with van der Waals surface area (Å²) in [7, 11) is 1.58. The molecule has 2 N–H and O–H groups in total. The Morgan fingerprint density at radius 1 is 1.52 bits per heavy atom. The molecule has 128 valence electrons. The number of hydrogen-bond donors (Lipinski definition) is 1. The molecule has 0 amide bonds. The van der Waals surface area contributed by atoms with E-state index in [1.807, 2.05) is 13.0 Å². The van der Waals surface area contributed by atoms with E-state index in [9.17, 15) is 10.1 Å². The van der Waals surface area contributed by atoms with Crippen LogP contribution in [-0.2, 0) is 11.3 Å². The van der Waals surface area contributed by atoms with Crippen molar-refractivity contribution in [2.75, 3.05) is 13.7 Å². The summed E-state index contributed by atoms with van der Waals surface area (Å²) in [6.07, 6.45) is 3.26. The highest BCUT2D eigenvalue weighted by Crippen LogP contribution is 2.40. The second-order valence-corrected chi connectivity index (χ2v) is 5.72. The molecule has 0 saturated heterocycles. The van der Waals surface area contributed by atoms with Gasteiger partial charge in [0, 0.05) is 37.8 Å². The molecule has 3 rings (SSSR count). The molecule has 0 bridgehead atoms. The maximum Gasteiger partial charge on any atom is 0.258 e. The van der Waals surface area contributed by atoms with Gasteiger partial charge in [0.2, 0.25) is 5.88 Å². The summed E-state index contributed by atoms with van der Waals surface area (Å²) in [6, 6.07) is 7.41. The van der Waals surface area contributed by atoms with Gasteiger partial charge >= 0.3 is 0 Å². The van der Waals surface area contributed by atoms with E-state index < -0.39 is 5.92 Å². The van der Waals surface area contributed by atoms with Crippen LogP contribution in [0, 0.1) is 18.3 Å². The van der Waals surface area contributed by atoms with E-state index in [2.05, 4.69) is 11.1 Å². The highest BCUT2D eigenvalue weighted by atomic mass is 16.5. The van der Waals surface area contributed by atoms with E-state index in [0.717, 1.165) is 5.69 Å². The number of nitrogens with two attached hydrogens (primary N) is 1. The zero-order valence-electron chi connectivity index (χ0n) is 14.0. The van der Waals surface area contributed by atoms with Crippen molar-refractivity contribution in [3.8, 4) is 11.8 Å². The first kappa shape index (κ1) is 16.7. The van der Waals surface area contributed by atoms with Gasteiger partial charge in [-0.15, -0.1) is 0 Å². The van der Waals surface area contributed by atoms with Crippen molar-refractivity contribution in [2.24, 2.45) is 5.73 Å². The Morgan fingerprint density at radius 2 is 2.32 bits per heavy atom. The Hall–Kier alpha value is -3.11. The van der Waals surface area contributed by atoms with Gasteiger partial charge < -0.3 is 19.8 Å². The van der Waals surface area contributed by atoms with Crippen molar-refractivity contribution in [1.29, 1.82) is 5.26 Å². The van der Waals surface area contributed by atoms with Crippen molar-refractivity contribution >= 4 is 0 Å². The molecule has 3 heterocycles. The number of hydrogen-bond acceptors (Lipinski definition) is 6. The molecule has 2 aromatic heterocycles. The van der Waals surface area contributed by atoms with Gasteiger partial charge in [-0.25, -0.2) is 0 Å². The predicted molar refractivity (Wildman–Crippen MR) is 90.8 cm³/mol. The van der Waals surface area contributed by atoms with Crippen molar-refractivity contribution in [3.05, 3.63) is 69.2 Å². The van der Waals surface area contributed by atoms with E-state index in [1.54, 1.807) is 36.2 Å². The molecule has 1 atom stereocenters. The first-order valence-corrected chi connectivity index (χ1v) is 7.79. The summed E-state index contributed by atoms with van der Waals surface area (Å²) in [6.45, 7) is 2.63. The lowest BCUT2D eigenvalue weighted by molar-refractivity contribution is 0.185. The number of fused-ring (bicyclic) bond motifs is 1. The lowest BCUT2D eigenvalue weighted by Gasteiger charge is -2.27. The van der Waals surface area contributed by atoms with Gasteiger partial charge in [0.1, 0.15) is 17.4 Å². The van der Waals surface area contributed by atoms with Gasteiger partial charge in [0.05, 0.1) is 18.1 Å². The fourth-order valence-corrected chi connectivity index (χ4v) is 3.03. The van der Waals surface area contributed by atoms with Crippen molar-refractivity contribution < 1.29 is 9.47 Å². The summed E-state index contributed by atoms with van der Waals surface area (Å²) in [4.78, 5) is 17.2. The molecule has 1 aliphatic rings. The molecule has 2 aromatic rings. The lowest BCUT2D eigenvalue weighted by atomic mass is 9.85. The smallest absolute Gasteiger partial charge is 0.258 e. The molecular weight excluding hydrogens is 320 g/mol. The first-order chi connectivity index (χ1) is 12.1. The van der Waals surface area contributed by atoms with Gasteiger partial charge in [-0.2, -0.15) is 5.26 Å². The minimum atomic E-state index is -0.607.